The van der Waals surface area contributed by atoms with Crippen molar-refractivity contribution in [1.29, 1.82) is 0 Å². The van der Waals surface area contributed by atoms with Gasteiger partial charge < -0.3 is 4.90 Å². The first-order valence-electron chi connectivity index (χ1n) is 7.62. The third kappa shape index (κ3) is 3.25. The second-order valence-corrected chi connectivity index (χ2v) is 7.67. The molecule has 7 heteroatoms. The zero-order chi connectivity index (χ0) is 17.3. The Morgan fingerprint density at radius 3 is 2.75 bits per heavy atom. The van der Waals surface area contributed by atoms with Crippen molar-refractivity contribution in [3.05, 3.63) is 53.1 Å². The van der Waals surface area contributed by atoms with E-state index in [1.807, 2.05) is 6.92 Å². The smallest absolute Gasteiger partial charge is 0.261 e. The van der Waals surface area contributed by atoms with Crippen molar-refractivity contribution in [2.45, 2.75) is 24.7 Å². The van der Waals surface area contributed by atoms with Crippen LogP contribution >= 0.6 is 11.6 Å². The fourth-order valence-electron chi connectivity index (χ4n) is 2.76. The molecule has 0 saturated heterocycles. The van der Waals surface area contributed by atoms with Crippen LogP contribution in [0.4, 0.5) is 11.4 Å². The minimum Gasteiger partial charge on any atom is -0.312 e. The van der Waals surface area contributed by atoms with Gasteiger partial charge in [0.2, 0.25) is 5.91 Å². The summed E-state index contributed by atoms with van der Waals surface area (Å²) in [4.78, 5) is 13.8. The average Bonchev–Trinajstić information content (AvgIpc) is 2.97. The van der Waals surface area contributed by atoms with E-state index in [0.29, 0.717) is 30.1 Å². The summed E-state index contributed by atoms with van der Waals surface area (Å²) >= 11 is 5.88. The van der Waals surface area contributed by atoms with Crippen LogP contribution in [0.1, 0.15) is 18.9 Å². The quantitative estimate of drug-likeness (QED) is 0.903. The van der Waals surface area contributed by atoms with Crippen molar-refractivity contribution in [3.63, 3.8) is 0 Å². The van der Waals surface area contributed by atoms with Crippen LogP contribution < -0.4 is 9.62 Å². The maximum atomic E-state index is 12.5. The van der Waals surface area contributed by atoms with Crippen molar-refractivity contribution in [3.8, 4) is 0 Å². The first kappa shape index (κ1) is 16.8. The highest BCUT2D eigenvalue weighted by molar-refractivity contribution is 7.92. The van der Waals surface area contributed by atoms with E-state index >= 15 is 0 Å². The number of hydrogen-bond donors (Lipinski definition) is 1. The van der Waals surface area contributed by atoms with Gasteiger partial charge in [0.25, 0.3) is 10.0 Å². The fourth-order valence-corrected chi connectivity index (χ4v) is 4.05. The molecule has 3 rings (SSSR count). The maximum Gasteiger partial charge on any atom is 0.261 e. The Kier molecular flexibility index (Phi) is 4.51. The van der Waals surface area contributed by atoms with Gasteiger partial charge in [-0.2, -0.15) is 0 Å². The first-order valence-corrected chi connectivity index (χ1v) is 9.48. The molecule has 1 heterocycles. The lowest BCUT2D eigenvalue weighted by molar-refractivity contribution is -0.118. The first-order chi connectivity index (χ1) is 11.4. The predicted molar refractivity (Wildman–Crippen MR) is 95.1 cm³/mol. The number of amides is 1. The molecule has 2 aromatic rings. The van der Waals surface area contributed by atoms with Gasteiger partial charge in [0.1, 0.15) is 0 Å². The summed E-state index contributed by atoms with van der Waals surface area (Å²) in [6, 6.07) is 11.4. The van der Waals surface area contributed by atoms with E-state index in [0.717, 1.165) is 11.3 Å². The molecule has 0 unspecified atom stereocenters. The molecule has 2 aromatic carbocycles. The standard InChI is InChI=1S/C17H17ClN2O3S/c1-2-17(21)20-9-8-12-10-15(6-7-16(12)20)24(22,23)19-14-5-3-4-13(18)11-14/h3-7,10-11,19H,2,8-9H2,1H3. The van der Waals surface area contributed by atoms with Crippen molar-refractivity contribution in [2.24, 2.45) is 0 Å². The number of benzene rings is 2. The molecular weight excluding hydrogens is 348 g/mol. The summed E-state index contributed by atoms with van der Waals surface area (Å²) in [5.74, 6) is 0.0430. The van der Waals surface area contributed by atoms with Crippen LogP contribution in [-0.2, 0) is 21.2 Å². The van der Waals surface area contributed by atoms with Gasteiger partial charge in [-0.15, -0.1) is 0 Å². The highest BCUT2D eigenvalue weighted by atomic mass is 35.5. The molecular formula is C17H17ClN2O3S. The number of anilines is 2. The lowest BCUT2D eigenvalue weighted by Crippen LogP contribution is -2.27. The number of fused-ring (bicyclic) bond motifs is 1. The minimum atomic E-state index is -3.71. The molecule has 1 aliphatic rings. The largest absolute Gasteiger partial charge is 0.312 e. The zero-order valence-electron chi connectivity index (χ0n) is 13.1. The lowest BCUT2D eigenvalue weighted by Gasteiger charge is -2.16. The summed E-state index contributed by atoms with van der Waals surface area (Å²) in [5.41, 5.74) is 2.07. The fraction of sp³-hybridized carbons (Fsp3) is 0.235. The number of nitrogens with zero attached hydrogens (tertiary/aromatic N) is 1. The minimum absolute atomic E-state index is 0.0430. The topological polar surface area (TPSA) is 66.5 Å². The van der Waals surface area contributed by atoms with E-state index in [1.165, 1.54) is 6.07 Å². The van der Waals surface area contributed by atoms with Crippen LogP contribution in [0.5, 0.6) is 0 Å². The van der Waals surface area contributed by atoms with Gasteiger partial charge in [0, 0.05) is 23.7 Å². The molecule has 0 saturated carbocycles. The molecule has 0 radical (unpaired) electrons. The number of carbonyl (C=O) groups excluding carboxylic acids is 1. The Labute approximate surface area is 146 Å². The van der Waals surface area contributed by atoms with Crippen molar-refractivity contribution >= 4 is 38.9 Å². The van der Waals surface area contributed by atoms with Crippen LogP contribution in [0.15, 0.2) is 47.4 Å². The van der Waals surface area contributed by atoms with Gasteiger partial charge in [-0.3, -0.25) is 9.52 Å². The summed E-state index contributed by atoms with van der Waals surface area (Å²) < 4.78 is 27.6. The van der Waals surface area contributed by atoms with Gasteiger partial charge in [-0.1, -0.05) is 24.6 Å². The summed E-state index contributed by atoms with van der Waals surface area (Å²) in [7, 11) is -3.71. The highest BCUT2D eigenvalue weighted by Crippen LogP contribution is 2.31. The number of hydrogen-bond acceptors (Lipinski definition) is 3. The Morgan fingerprint density at radius 2 is 2.04 bits per heavy atom. The van der Waals surface area contributed by atoms with Crippen molar-refractivity contribution < 1.29 is 13.2 Å². The molecule has 0 fully saturated rings. The monoisotopic (exact) mass is 364 g/mol. The molecule has 1 amide bonds. The van der Waals surface area contributed by atoms with E-state index in [2.05, 4.69) is 4.72 Å². The second kappa shape index (κ2) is 6.45. The molecule has 1 N–H and O–H groups in total. The average molecular weight is 365 g/mol. The molecule has 1 aliphatic heterocycles. The van der Waals surface area contributed by atoms with Crippen LogP contribution in [0, 0.1) is 0 Å². The SMILES string of the molecule is CCC(=O)N1CCc2cc(S(=O)(=O)Nc3cccc(Cl)c3)ccc21. The van der Waals surface area contributed by atoms with Gasteiger partial charge in [0.05, 0.1) is 10.6 Å². The second-order valence-electron chi connectivity index (χ2n) is 5.56. The number of rotatable bonds is 4. The van der Waals surface area contributed by atoms with E-state index < -0.39 is 10.0 Å². The Balaban J connectivity index is 1.89. The number of sulfonamides is 1. The zero-order valence-corrected chi connectivity index (χ0v) is 14.7. The highest BCUT2D eigenvalue weighted by Gasteiger charge is 2.25. The lowest BCUT2D eigenvalue weighted by atomic mass is 10.2. The van der Waals surface area contributed by atoms with E-state index in [4.69, 9.17) is 11.6 Å². The molecule has 5 nitrogen and oxygen atoms in total. The summed E-state index contributed by atoms with van der Waals surface area (Å²) in [6.45, 7) is 2.40. The van der Waals surface area contributed by atoms with Crippen LogP contribution in [0.2, 0.25) is 5.02 Å². The van der Waals surface area contributed by atoms with Crippen LogP contribution in [0.25, 0.3) is 0 Å². The summed E-state index contributed by atoms with van der Waals surface area (Å²) in [5, 5.41) is 0.456. The molecule has 0 aliphatic carbocycles. The van der Waals surface area contributed by atoms with Gasteiger partial charge in [-0.05, 0) is 48.4 Å². The number of carbonyl (C=O) groups is 1. The molecule has 24 heavy (non-hydrogen) atoms. The summed E-state index contributed by atoms with van der Waals surface area (Å²) in [6.07, 6.45) is 1.08. The van der Waals surface area contributed by atoms with Crippen molar-refractivity contribution in [1.82, 2.24) is 0 Å². The molecule has 0 aromatic heterocycles. The van der Waals surface area contributed by atoms with E-state index in [-0.39, 0.29) is 10.8 Å². The Bertz CT molecular complexity index is 896. The number of halogens is 1. The molecule has 126 valence electrons. The molecule has 0 spiro atoms. The predicted octanol–water partition coefficient (Wildman–Crippen LogP) is 3.44. The Hall–Kier alpha value is -2.05. The van der Waals surface area contributed by atoms with Crippen molar-refractivity contribution in [2.75, 3.05) is 16.2 Å². The Morgan fingerprint density at radius 1 is 1.25 bits per heavy atom. The number of nitrogens with one attached hydrogen (secondary N) is 1. The third-order valence-electron chi connectivity index (χ3n) is 3.94. The van der Waals surface area contributed by atoms with E-state index in [9.17, 15) is 13.2 Å². The third-order valence-corrected chi connectivity index (χ3v) is 5.55. The van der Waals surface area contributed by atoms with Gasteiger partial charge in [0.15, 0.2) is 0 Å². The molecule has 0 atom stereocenters. The van der Waals surface area contributed by atoms with Crippen LogP contribution in [-0.4, -0.2) is 20.9 Å². The molecule has 0 bridgehead atoms. The van der Waals surface area contributed by atoms with Gasteiger partial charge >= 0.3 is 0 Å². The van der Waals surface area contributed by atoms with Crippen LogP contribution in [0.3, 0.4) is 0 Å². The van der Waals surface area contributed by atoms with E-state index in [1.54, 1.807) is 41.3 Å². The normalized spacial score (nSPS) is 13.7. The van der Waals surface area contributed by atoms with Gasteiger partial charge in [-0.25, -0.2) is 8.42 Å². The maximum absolute atomic E-state index is 12.5.